The summed E-state index contributed by atoms with van der Waals surface area (Å²) in [6, 6.07) is 37.4. The van der Waals surface area contributed by atoms with Gasteiger partial charge in [0.2, 0.25) is 5.91 Å². The highest BCUT2D eigenvalue weighted by Crippen LogP contribution is 2.30. The van der Waals surface area contributed by atoms with Crippen LogP contribution in [0.15, 0.2) is 115 Å². The van der Waals surface area contributed by atoms with E-state index in [9.17, 15) is 14.7 Å². The largest absolute Gasteiger partial charge is 0.488 e. The lowest BCUT2D eigenvalue weighted by Gasteiger charge is -2.34. The minimum absolute atomic E-state index is 0.0175. The van der Waals surface area contributed by atoms with E-state index < -0.39 is 0 Å². The molecule has 1 heterocycles. The Bertz CT molecular complexity index is 1890. The maximum atomic E-state index is 13.7. The van der Waals surface area contributed by atoms with Crippen molar-refractivity contribution < 1.29 is 19.4 Å². The molecule has 0 fully saturated rings. The van der Waals surface area contributed by atoms with Crippen LogP contribution in [0.5, 0.6) is 5.75 Å². The van der Waals surface area contributed by atoms with E-state index in [1.54, 1.807) is 11.0 Å². The number of hydrogen-bond donors (Lipinski definition) is 3. The van der Waals surface area contributed by atoms with E-state index in [1.165, 1.54) is 16.7 Å². The van der Waals surface area contributed by atoms with Crippen LogP contribution in [0.3, 0.4) is 0 Å². The first kappa shape index (κ1) is 33.7. The predicted molar refractivity (Wildman–Crippen MR) is 197 cm³/mol. The van der Waals surface area contributed by atoms with Crippen LogP contribution in [0.25, 0.3) is 21.9 Å². The molecule has 0 aromatic heterocycles. The highest BCUT2D eigenvalue weighted by molar-refractivity contribution is 6.06. The van der Waals surface area contributed by atoms with Gasteiger partial charge in [0, 0.05) is 42.2 Å². The van der Waals surface area contributed by atoms with Gasteiger partial charge in [0.15, 0.2) is 0 Å². The van der Waals surface area contributed by atoms with Crippen molar-refractivity contribution in [3.63, 3.8) is 0 Å². The molecule has 5 aromatic carbocycles. The van der Waals surface area contributed by atoms with Crippen LogP contribution >= 0.6 is 0 Å². The van der Waals surface area contributed by atoms with Crippen LogP contribution in [-0.4, -0.2) is 65.7 Å². The topological polar surface area (TPSA) is 94.1 Å². The van der Waals surface area contributed by atoms with Gasteiger partial charge in [-0.3, -0.25) is 9.69 Å². The number of aliphatic hydroxyl groups excluding tert-OH is 1. The van der Waals surface area contributed by atoms with Crippen LogP contribution in [0.4, 0.5) is 16.2 Å². The molecule has 3 atom stereocenters. The van der Waals surface area contributed by atoms with Crippen LogP contribution in [0.2, 0.25) is 0 Å². The number of aliphatic hydroxyl groups is 1. The maximum absolute atomic E-state index is 13.7. The molecule has 8 heteroatoms. The molecule has 1 aliphatic rings. The number of nitrogens with one attached hydrogen (secondary N) is 2. The number of rotatable bonds is 9. The molecule has 0 unspecified atom stereocenters. The highest BCUT2D eigenvalue weighted by Gasteiger charge is 2.31. The second-order valence-corrected chi connectivity index (χ2v) is 13.1. The van der Waals surface area contributed by atoms with Gasteiger partial charge in [-0.25, -0.2) is 4.79 Å². The number of likely N-dealkylation sites (N-methyl/N-ethyl adjacent to an activating group) is 1. The number of benzene rings is 5. The van der Waals surface area contributed by atoms with Gasteiger partial charge in [0.25, 0.3) is 0 Å². The summed E-state index contributed by atoms with van der Waals surface area (Å²) in [4.78, 5) is 30.8. The Hall–Kier alpha value is -5.18. The lowest BCUT2D eigenvalue weighted by Crippen LogP contribution is -2.47. The summed E-state index contributed by atoms with van der Waals surface area (Å²) in [6.07, 6.45) is -0.150. The maximum Gasteiger partial charge on any atom is 0.323 e. The number of ether oxygens (including phenoxy) is 1. The summed E-state index contributed by atoms with van der Waals surface area (Å²) in [5.74, 6) is 0.503. The van der Waals surface area contributed by atoms with Gasteiger partial charge in [-0.1, -0.05) is 97.9 Å². The van der Waals surface area contributed by atoms with Gasteiger partial charge in [-0.2, -0.15) is 0 Å². The van der Waals surface area contributed by atoms with Crippen molar-refractivity contribution in [1.82, 2.24) is 9.80 Å². The van der Waals surface area contributed by atoms with E-state index >= 15 is 0 Å². The standard InChI is InChI=1S/C41H44N4O4/c1-28-24-45(29(2)27-46)40(47)23-34-22-35(42-41(48)43-37-15-9-13-33-12-7-8-14-36(33)37)20-21-38(34)49-39(28)26-44(3)25-30-16-18-32(19-17-30)31-10-5-4-6-11-31/h4-22,28-29,39,46H,23-27H2,1-3H3,(H2,42,43,48)/t28-,29+,39+/m1/s1. The van der Waals surface area contributed by atoms with Gasteiger partial charge in [0.1, 0.15) is 11.9 Å². The van der Waals surface area contributed by atoms with Crippen molar-refractivity contribution in [2.45, 2.75) is 39.0 Å². The fourth-order valence-corrected chi connectivity index (χ4v) is 6.46. The molecule has 1 aliphatic heterocycles. The zero-order valence-electron chi connectivity index (χ0n) is 28.3. The summed E-state index contributed by atoms with van der Waals surface area (Å²) in [5, 5.41) is 17.9. The number of anilines is 2. The number of nitrogens with zero attached hydrogens (tertiary/aromatic N) is 2. The van der Waals surface area contributed by atoms with Gasteiger partial charge in [-0.15, -0.1) is 0 Å². The van der Waals surface area contributed by atoms with Crippen molar-refractivity contribution in [3.8, 4) is 16.9 Å². The number of carbonyl (C=O) groups excluding carboxylic acids is 2. The van der Waals surface area contributed by atoms with Crippen LogP contribution in [-0.2, 0) is 17.8 Å². The highest BCUT2D eigenvalue weighted by atomic mass is 16.5. The molecular weight excluding hydrogens is 612 g/mol. The molecule has 3 N–H and O–H groups in total. The van der Waals surface area contributed by atoms with E-state index in [4.69, 9.17) is 4.74 Å². The molecule has 8 nitrogen and oxygen atoms in total. The second kappa shape index (κ2) is 15.4. The van der Waals surface area contributed by atoms with Crippen molar-refractivity contribution in [2.24, 2.45) is 5.92 Å². The normalized spacial score (nSPS) is 17.0. The van der Waals surface area contributed by atoms with Crippen molar-refractivity contribution in [1.29, 1.82) is 0 Å². The Labute approximate surface area is 288 Å². The number of amides is 3. The molecule has 3 amide bonds. The molecule has 6 rings (SSSR count). The lowest BCUT2D eigenvalue weighted by molar-refractivity contribution is -0.134. The van der Waals surface area contributed by atoms with Crippen molar-refractivity contribution >= 4 is 34.1 Å². The number of carbonyl (C=O) groups is 2. The number of urea groups is 1. The van der Waals surface area contributed by atoms with Crippen LogP contribution in [0.1, 0.15) is 25.0 Å². The SMILES string of the molecule is C[C@@H]1CN([C@@H](C)CO)C(=O)Cc2cc(NC(=O)Nc3cccc4ccccc34)ccc2O[C@H]1CN(C)Cc1ccc(-c2ccccc2)cc1. The molecule has 0 spiro atoms. The molecule has 5 aromatic rings. The predicted octanol–water partition coefficient (Wildman–Crippen LogP) is 7.43. The Balaban J connectivity index is 1.19. The summed E-state index contributed by atoms with van der Waals surface area (Å²) in [5.41, 5.74) is 5.50. The summed E-state index contributed by atoms with van der Waals surface area (Å²) in [6.45, 7) is 5.64. The van der Waals surface area contributed by atoms with Crippen molar-refractivity contribution in [3.05, 3.63) is 126 Å². The van der Waals surface area contributed by atoms with E-state index in [0.29, 0.717) is 35.8 Å². The monoisotopic (exact) mass is 656 g/mol. The lowest BCUT2D eigenvalue weighted by atomic mass is 10.0. The van der Waals surface area contributed by atoms with Gasteiger partial charge < -0.3 is 25.4 Å². The summed E-state index contributed by atoms with van der Waals surface area (Å²) in [7, 11) is 2.08. The van der Waals surface area contributed by atoms with E-state index in [0.717, 1.165) is 17.3 Å². The smallest absolute Gasteiger partial charge is 0.323 e. The zero-order chi connectivity index (χ0) is 34.3. The summed E-state index contributed by atoms with van der Waals surface area (Å²) >= 11 is 0. The average molecular weight is 657 g/mol. The van der Waals surface area contributed by atoms with Gasteiger partial charge in [-0.05, 0) is 60.3 Å². The Kier molecular flexibility index (Phi) is 10.6. The Morgan fingerprint density at radius 3 is 2.41 bits per heavy atom. The molecule has 0 radical (unpaired) electrons. The van der Waals surface area contributed by atoms with E-state index in [2.05, 4.69) is 65.9 Å². The van der Waals surface area contributed by atoms with Crippen LogP contribution in [0, 0.1) is 5.92 Å². The van der Waals surface area contributed by atoms with Crippen LogP contribution < -0.4 is 15.4 Å². The zero-order valence-corrected chi connectivity index (χ0v) is 28.3. The fraction of sp³-hybridized carbons (Fsp3) is 0.268. The fourth-order valence-electron chi connectivity index (χ4n) is 6.46. The second-order valence-electron chi connectivity index (χ2n) is 13.1. The Morgan fingerprint density at radius 1 is 0.918 bits per heavy atom. The first-order valence-electron chi connectivity index (χ1n) is 16.9. The van der Waals surface area contributed by atoms with Gasteiger partial charge in [0.05, 0.1) is 24.8 Å². The third kappa shape index (κ3) is 8.28. The first-order valence-corrected chi connectivity index (χ1v) is 16.9. The third-order valence-corrected chi connectivity index (χ3v) is 9.22. The van der Waals surface area contributed by atoms with Gasteiger partial charge >= 0.3 is 6.03 Å². The molecular formula is C41H44N4O4. The first-order chi connectivity index (χ1) is 23.8. The minimum Gasteiger partial charge on any atom is -0.488 e. The average Bonchev–Trinajstić information content (AvgIpc) is 3.15. The number of fused-ring (bicyclic) bond motifs is 2. The molecule has 252 valence electrons. The molecule has 0 saturated heterocycles. The molecule has 49 heavy (non-hydrogen) atoms. The molecule has 0 bridgehead atoms. The quantitative estimate of drug-likeness (QED) is 0.153. The molecule has 0 aliphatic carbocycles. The van der Waals surface area contributed by atoms with Crippen molar-refractivity contribution in [2.75, 3.05) is 37.4 Å². The third-order valence-electron chi connectivity index (χ3n) is 9.22. The van der Waals surface area contributed by atoms with E-state index in [-0.39, 0.29) is 43.0 Å². The molecule has 0 saturated carbocycles. The number of hydrogen-bond acceptors (Lipinski definition) is 5. The Morgan fingerprint density at radius 2 is 1.63 bits per heavy atom. The van der Waals surface area contributed by atoms with E-state index in [1.807, 2.05) is 79.7 Å². The minimum atomic E-state index is -0.382. The summed E-state index contributed by atoms with van der Waals surface area (Å²) < 4.78 is 6.72.